The maximum atomic E-state index is 10.3. The second-order valence-electron chi connectivity index (χ2n) is 10.8. The Morgan fingerprint density at radius 2 is 0.867 bits per heavy atom. The Balaban J connectivity index is 1.53. The Morgan fingerprint density at radius 1 is 0.444 bits per heavy atom. The van der Waals surface area contributed by atoms with Crippen molar-refractivity contribution >= 4 is 21.8 Å². The van der Waals surface area contributed by atoms with Crippen LogP contribution in [0.25, 0.3) is 72.8 Å². The summed E-state index contributed by atoms with van der Waals surface area (Å²) in [5.41, 5.74) is 7.97. The van der Waals surface area contributed by atoms with Crippen LogP contribution in [-0.4, -0.2) is 19.5 Å². The van der Waals surface area contributed by atoms with Crippen LogP contribution in [0.4, 0.5) is 0 Å². The van der Waals surface area contributed by atoms with Gasteiger partial charge in [0.2, 0.25) is 0 Å². The minimum absolute atomic E-state index is 0.494. The minimum atomic E-state index is 0.494. The second kappa shape index (κ2) is 11.0. The van der Waals surface area contributed by atoms with Gasteiger partial charge in [-0.1, -0.05) is 127 Å². The van der Waals surface area contributed by atoms with E-state index in [0.717, 1.165) is 55.3 Å². The smallest absolute Gasteiger partial charge is 0.166 e. The van der Waals surface area contributed by atoms with Gasteiger partial charge in [-0.15, -0.1) is 0 Å². The van der Waals surface area contributed by atoms with Crippen molar-refractivity contribution in [3.8, 4) is 57.0 Å². The lowest BCUT2D eigenvalue weighted by molar-refractivity contribution is 1.06. The molecule has 0 fully saturated rings. The number of nitrogens with zero attached hydrogens (tertiary/aromatic N) is 5. The molecule has 8 aromatic rings. The van der Waals surface area contributed by atoms with Crippen molar-refractivity contribution in [2.75, 3.05) is 0 Å². The predicted octanol–water partition coefficient (Wildman–Crippen LogP) is 9.51. The summed E-state index contributed by atoms with van der Waals surface area (Å²) in [4.78, 5) is 15.1. The number of hydrogen-bond donors (Lipinski definition) is 0. The number of nitriles is 1. The molecule has 0 aliphatic carbocycles. The fourth-order valence-corrected chi connectivity index (χ4v) is 6.04. The Kier molecular flexibility index (Phi) is 6.44. The van der Waals surface area contributed by atoms with Gasteiger partial charge in [-0.05, 0) is 29.8 Å². The third kappa shape index (κ3) is 4.62. The summed E-state index contributed by atoms with van der Waals surface area (Å²) in [6.07, 6.45) is 0. The van der Waals surface area contributed by atoms with Gasteiger partial charge in [0, 0.05) is 33.0 Å². The maximum Gasteiger partial charge on any atom is 0.166 e. The van der Waals surface area contributed by atoms with Crippen LogP contribution in [0.2, 0.25) is 0 Å². The van der Waals surface area contributed by atoms with Crippen LogP contribution in [-0.2, 0) is 0 Å². The molecule has 0 aliphatic heterocycles. The molecule has 0 atom stereocenters. The highest BCUT2D eigenvalue weighted by Gasteiger charge is 2.23. The van der Waals surface area contributed by atoms with E-state index in [1.165, 1.54) is 0 Å². The number of aromatic nitrogens is 4. The number of benzene rings is 6. The summed E-state index contributed by atoms with van der Waals surface area (Å²) in [6.45, 7) is 0. The van der Waals surface area contributed by atoms with Crippen LogP contribution >= 0.6 is 0 Å². The van der Waals surface area contributed by atoms with Crippen molar-refractivity contribution < 1.29 is 0 Å². The summed E-state index contributed by atoms with van der Waals surface area (Å²) in [7, 11) is 0. The molecule has 2 aromatic heterocycles. The van der Waals surface area contributed by atoms with Gasteiger partial charge in [-0.2, -0.15) is 5.26 Å². The van der Waals surface area contributed by atoms with Crippen LogP contribution in [0.15, 0.2) is 152 Å². The zero-order valence-corrected chi connectivity index (χ0v) is 24.2. The summed E-state index contributed by atoms with van der Waals surface area (Å²) in [5.74, 6) is 1.63. The van der Waals surface area contributed by atoms with Gasteiger partial charge in [0.25, 0.3) is 0 Å². The molecule has 0 N–H and O–H groups in total. The standard InChI is InChI=1S/C40H25N5/c41-26-27-24-33(28-14-4-1-5-15-28)37(45-35-22-12-10-20-31(35)32-21-11-13-23-36(32)45)34(25-27)40-43-38(29-16-6-2-7-17-29)42-39(44-40)30-18-8-3-9-19-30/h1-25H. The second-order valence-corrected chi connectivity index (χ2v) is 10.8. The molecule has 2 heterocycles. The van der Waals surface area contributed by atoms with Crippen LogP contribution in [0.1, 0.15) is 5.56 Å². The molecule has 0 aliphatic rings. The van der Waals surface area contributed by atoms with E-state index in [9.17, 15) is 5.26 Å². The maximum absolute atomic E-state index is 10.3. The average molecular weight is 576 g/mol. The van der Waals surface area contributed by atoms with Crippen molar-refractivity contribution in [3.05, 3.63) is 157 Å². The lowest BCUT2D eigenvalue weighted by atomic mass is 9.96. The molecular weight excluding hydrogens is 550 g/mol. The molecule has 210 valence electrons. The van der Waals surface area contributed by atoms with Gasteiger partial charge < -0.3 is 4.57 Å². The first-order chi connectivity index (χ1) is 22.3. The van der Waals surface area contributed by atoms with E-state index in [4.69, 9.17) is 15.0 Å². The van der Waals surface area contributed by atoms with E-state index >= 15 is 0 Å². The Bertz CT molecular complexity index is 2260. The van der Waals surface area contributed by atoms with Gasteiger partial charge in [0.15, 0.2) is 17.5 Å². The van der Waals surface area contributed by atoms with Crippen LogP contribution in [0.3, 0.4) is 0 Å². The summed E-state index contributed by atoms with van der Waals surface area (Å²) in [5, 5.41) is 12.6. The van der Waals surface area contributed by atoms with E-state index in [-0.39, 0.29) is 0 Å². The minimum Gasteiger partial charge on any atom is -0.308 e. The van der Waals surface area contributed by atoms with Crippen molar-refractivity contribution in [2.24, 2.45) is 0 Å². The lowest BCUT2D eigenvalue weighted by Gasteiger charge is -2.19. The number of para-hydroxylation sites is 2. The Hall–Kier alpha value is -6.38. The van der Waals surface area contributed by atoms with Crippen molar-refractivity contribution in [1.29, 1.82) is 5.26 Å². The first kappa shape index (κ1) is 26.3. The molecule has 0 amide bonds. The fourth-order valence-electron chi connectivity index (χ4n) is 6.04. The third-order valence-corrected chi connectivity index (χ3v) is 8.07. The molecule has 5 heteroatoms. The van der Waals surface area contributed by atoms with Gasteiger partial charge in [0.1, 0.15) is 0 Å². The SMILES string of the molecule is N#Cc1cc(-c2ccccc2)c(-n2c3ccccc3c3ccccc32)c(-c2nc(-c3ccccc3)nc(-c3ccccc3)n2)c1. The zero-order valence-electron chi connectivity index (χ0n) is 24.2. The first-order valence-electron chi connectivity index (χ1n) is 14.8. The molecule has 0 unspecified atom stereocenters. The molecule has 0 radical (unpaired) electrons. The summed E-state index contributed by atoms with van der Waals surface area (Å²) >= 11 is 0. The molecule has 0 bridgehead atoms. The third-order valence-electron chi connectivity index (χ3n) is 8.07. The monoisotopic (exact) mass is 575 g/mol. The topological polar surface area (TPSA) is 67.4 Å². The quantitative estimate of drug-likeness (QED) is 0.205. The molecular formula is C40H25N5. The molecule has 5 nitrogen and oxygen atoms in total. The van der Waals surface area contributed by atoms with Gasteiger partial charge in [-0.3, -0.25) is 0 Å². The zero-order chi connectivity index (χ0) is 30.2. The average Bonchev–Trinajstić information content (AvgIpc) is 3.46. The van der Waals surface area contributed by atoms with Crippen molar-refractivity contribution in [1.82, 2.24) is 19.5 Å². The molecule has 8 rings (SSSR count). The predicted molar refractivity (Wildman–Crippen MR) is 181 cm³/mol. The molecule has 0 spiro atoms. The van der Waals surface area contributed by atoms with Crippen molar-refractivity contribution in [2.45, 2.75) is 0 Å². The van der Waals surface area contributed by atoms with E-state index in [1.54, 1.807) is 0 Å². The van der Waals surface area contributed by atoms with E-state index in [0.29, 0.717) is 23.0 Å². The first-order valence-corrected chi connectivity index (χ1v) is 14.8. The van der Waals surface area contributed by atoms with E-state index in [2.05, 4.69) is 71.3 Å². The molecule has 45 heavy (non-hydrogen) atoms. The highest BCUT2D eigenvalue weighted by Crippen LogP contribution is 2.41. The Labute approximate surface area is 260 Å². The van der Waals surface area contributed by atoms with Gasteiger partial charge >= 0.3 is 0 Å². The van der Waals surface area contributed by atoms with Gasteiger partial charge in [0.05, 0.1) is 28.4 Å². The number of hydrogen-bond acceptors (Lipinski definition) is 4. The normalized spacial score (nSPS) is 11.1. The van der Waals surface area contributed by atoms with Crippen LogP contribution < -0.4 is 0 Å². The van der Waals surface area contributed by atoms with Crippen LogP contribution in [0, 0.1) is 11.3 Å². The fraction of sp³-hybridized carbons (Fsp3) is 0. The number of rotatable bonds is 5. The van der Waals surface area contributed by atoms with E-state index < -0.39 is 0 Å². The number of fused-ring (bicyclic) bond motifs is 3. The van der Waals surface area contributed by atoms with E-state index in [1.807, 2.05) is 91.0 Å². The van der Waals surface area contributed by atoms with Gasteiger partial charge in [-0.25, -0.2) is 15.0 Å². The molecule has 6 aromatic carbocycles. The summed E-state index contributed by atoms with van der Waals surface area (Å²) in [6, 6.07) is 53.2. The highest BCUT2D eigenvalue weighted by molar-refractivity contribution is 6.10. The molecule has 0 saturated heterocycles. The highest BCUT2D eigenvalue weighted by atomic mass is 15.1. The largest absolute Gasteiger partial charge is 0.308 e. The Morgan fingerprint density at radius 3 is 1.38 bits per heavy atom. The molecule has 0 saturated carbocycles. The van der Waals surface area contributed by atoms with Crippen molar-refractivity contribution in [3.63, 3.8) is 0 Å². The van der Waals surface area contributed by atoms with Crippen LogP contribution in [0.5, 0.6) is 0 Å². The lowest BCUT2D eigenvalue weighted by Crippen LogP contribution is -2.06. The summed E-state index contributed by atoms with van der Waals surface area (Å²) < 4.78 is 2.29.